The molecule has 0 radical (unpaired) electrons. The van der Waals surface area contributed by atoms with Crippen LogP contribution in [0.3, 0.4) is 0 Å². The lowest BCUT2D eigenvalue weighted by Gasteiger charge is -2.25. The molecule has 0 N–H and O–H groups in total. The molecule has 0 spiro atoms. The van der Waals surface area contributed by atoms with Crippen molar-refractivity contribution in [3.8, 4) is 6.07 Å². The van der Waals surface area contributed by atoms with Crippen LogP contribution in [0.1, 0.15) is 22.3 Å². The van der Waals surface area contributed by atoms with Crippen molar-refractivity contribution in [2.75, 3.05) is 13.2 Å². The number of nitrogens with zero attached hydrogens (tertiary/aromatic N) is 3. The van der Waals surface area contributed by atoms with Crippen LogP contribution in [0.15, 0.2) is 48.3 Å². The second kappa shape index (κ2) is 9.07. The third-order valence-electron chi connectivity index (χ3n) is 5.19. The summed E-state index contributed by atoms with van der Waals surface area (Å²) in [6.45, 7) is 0.0509. The number of alkyl halides is 6. The maximum atomic E-state index is 13.2. The molecular weight excluding hydrogens is 480 g/mol. The Morgan fingerprint density at radius 2 is 1.83 bits per heavy atom. The molecule has 1 saturated heterocycles. The first-order valence-corrected chi connectivity index (χ1v) is 10.1. The van der Waals surface area contributed by atoms with Crippen molar-refractivity contribution in [1.82, 2.24) is 9.55 Å². The molecule has 0 bridgehead atoms. The van der Waals surface area contributed by atoms with Crippen LogP contribution in [0.4, 0.5) is 26.3 Å². The molecule has 1 fully saturated rings. The quantitative estimate of drug-likeness (QED) is 0.216. The summed E-state index contributed by atoms with van der Waals surface area (Å²) in [4.78, 5) is 16.4. The molecule has 1 aliphatic heterocycles. The molecule has 0 atom stereocenters. The van der Waals surface area contributed by atoms with Crippen molar-refractivity contribution in [2.45, 2.75) is 25.0 Å². The van der Waals surface area contributed by atoms with Crippen LogP contribution in [0.5, 0.6) is 0 Å². The van der Waals surface area contributed by atoms with Gasteiger partial charge in [-0.15, -0.1) is 0 Å². The summed E-state index contributed by atoms with van der Waals surface area (Å²) in [6, 6.07) is 6.23. The first-order chi connectivity index (χ1) is 16.5. The SMILES string of the molecule is N#C/C(=C\c1cn(Cc2cc(C(F)(F)F)cc(C(F)(F)F)c2)c2ncccc12)C(=O)OC1COC1. The number of hydrogen-bond acceptors (Lipinski definition) is 5. The fourth-order valence-corrected chi connectivity index (χ4v) is 3.48. The molecular formula is C23H15F6N3O3. The maximum absolute atomic E-state index is 13.2. The predicted octanol–water partition coefficient (Wildman–Crippen LogP) is 4.97. The van der Waals surface area contributed by atoms with Gasteiger partial charge in [-0.2, -0.15) is 31.6 Å². The van der Waals surface area contributed by atoms with E-state index in [9.17, 15) is 36.4 Å². The Morgan fingerprint density at radius 1 is 1.17 bits per heavy atom. The topological polar surface area (TPSA) is 77.1 Å². The molecule has 1 aliphatic rings. The lowest BCUT2D eigenvalue weighted by molar-refractivity contribution is -0.167. The van der Waals surface area contributed by atoms with E-state index in [0.717, 1.165) is 0 Å². The Kier molecular flexibility index (Phi) is 6.29. The summed E-state index contributed by atoms with van der Waals surface area (Å²) in [5.74, 6) is -0.877. The maximum Gasteiger partial charge on any atom is 0.416 e. The number of carbonyl (C=O) groups excluding carboxylic acids is 1. The highest BCUT2D eigenvalue weighted by molar-refractivity contribution is 6.00. The smallest absolute Gasteiger partial charge is 0.416 e. The predicted molar refractivity (Wildman–Crippen MR) is 110 cm³/mol. The van der Waals surface area contributed by atoms with E-state index in [2.05, 4.69) is 4.98 Å². The molecule has 35 heavy (non-hydrogen) atoms. The van der Waals surface area contributed by atoms with Crippen LogP contribution in [0.2, 0.25) is 0 Å². The van der Waals surface area contributed by atoms with Crippen LogP contribution >= 0.6 is 0 Å². The third-order valence-corrected chi connectivity index (χ3v) is 5.19. The molecule has 1 aromatic carbocycles. The van der Waals surface area contributed by atoms with E-state index in [1.165, 1.54) is 23.0 Å². The molecule has 6 nitrogen and oxygen atoms in total. The molecule has 3 aromatic rings. The minimum Gasteiger partial charge on any atom is -0.453 e. The lowest BCUT2D eigenvalue weighted by atomic mass is 10.0. The lowest BCUT2D eigenvalue weighted by Crippen LogP contribution is -2.38. The number of aromatic nitrogens is 2. The highest BCUT2D eigenvalue weighted by Gasteiger charge is 2.37. The average Bonchev–Trinajstić information content (AvgIpc) is 3.10. The molecule has 0 amide bonds. The number of hydrogen-bond donors (Lipinski definition) is 0. The molecule has 3 heterocycles. The molecule has 0 aliphatic carbocycles. The summed E-state index contributed by atoms with van der Waals surface area (Å²) in [5.41, 5.74) is -2.90. The van der Waals surface area contributed by atoms with E-state index >= 15 is 0 Å². The number of rotatable bonds is 5. The highest BCUT2D eigenvalue weighted by Crippen LogP contribution is 2.36. The molecule has 0 unspecified atom stereocenters. The van der Waals surface area contributed by atoms with Gasteiger partial charge in [0, 0.05) is 29.9 Å². The highest BCUT2D eigenvalue weighted by atomic mass is 19.4. The van der Waals surface area contributed by atoms with Crippen LogP contribution < -0.4 is 0 Å². The van der Waals surface area contributed by atoms with Gasteiger partial charge in [-0.25, -0.2) is 9.78 Å². The molecule has 182 valence electrons. The minimum absolute atomic E-state index is 0.0572. The Hall–Kier alpha value is -3.85. The van der Waals surface area contributed by atoms with Crippen molar-refractivity contribution in [2.24, 2.45) is 0 Å². The number of carbonyl (C=O) groups is 1. The number of ether oxygens (including phenoxy) is 2. The normalized spacial score (nSPS) is 15.1. The van der Waals surface area contributed by atoms with Crippen molar-refractivity contribution in [3.05, 3.63) is 70.6 Å². The number of pyridine rings is 1. The summed E-state index contributed by atoms with van der Waals surface area (Å²) in [5, 5.41) is 9.84. The van der Waals surface area contributed by atoms with E-state index in [0.29, 0.717) is 23.1 Å². The van der Waals surface area contributed by atoms with E-state index < -0.39 is 35.6 Å². The summed E-state index contributed by atoms with van der Waals surface area (Å²) in [6.07, 6.45) is -6.40. The van der Waals surface area contributed by atoms with Crippen molar-refractivity contribution >= 4 is 23.1 Å². The van der Waals surface area contributed by atoms with Gasteiger partial charge in [0.25, 0.3) is 0 Å². The van der Waals surface area contributed by atoms with Gasteiger partial charge in [-0.05, 0) is 42.0 Å². The zero-order valence-electron chi connectivity index (χ0n) is 17.7. The summed E-state index contributed by atoms with van der Waals surface area (Å²) >= 11 is 0. The Labute approximate surface area is 194 Å². The van der Waals surface area contributed by atoms with Crippen LogP contribution in [-0.4, -0.2) is 34.8 Å². The van der Waals surface area contributed by atoms with Gasteiger partial charge in [0.05, 0.1) is 24.3 Å². The van der Waals surface area contributed by atoms with Gasteiger partial charge < -0.3 is 14.0 Å². The Bertz CT molecular complexity index is 1320. The summed E-state index contributed by atoms with van der Waals surface area (Å²) in [7, 11) is 0. The van der Waals surface area contributed by atoms with Gasteiger partial charge in [0.15, 0.2) is 0 Å². The third kappa shape index (κ3) is 5.30. The standard InChI is InChI=1S/C23H15F6N3O3/c24-22(25,26)16-4-13(5-17(7-16)23(27,28)29)9-32-10-15(19-2-1-3-31-20(19)32)6-14(8-30)21(33)35-18-11-34-12-18/h1-7,10,18H,9,11-12H2/b14-6+. The van der Waals surface area contributed by atoms with Crippen molar-refractivity contribution < 1.29 is 40.6 Å². The second-order valence-corrected chi connectivity index (χ2v) is 7.74. The Morgan fingerprint density at radius 3 is 2.37 bits per heavy atom. The van der Waals surface area contributed by atoms with E-state index in [4.69, 9.17) is 9.47 Å². The minimum atomic E-state index is -4.98. The second-order valence-electron chi connectivity index (χ2n) is 7.74. The van der Waals surface area contributed by atoms with Gasteiger partial charge in [0.2, 0.25) is 0 Å². The number of halogens is 6. The first-order valence-electron chi connectivity index (χ1n) is 10.1. The molecule has 0 saturated carbocycles. The average molecular weight is 495 g/mol. The number of esters is 1. The largest absolute Gasteiger partial charge is 0.453 e. The van der Waals surface area contributed by atoms with E-state index in [-0.39, 0.29) is 42.6 Å². The first kappa shape index (κ1) is 24.3. The molecule has 2 aromatic heterocycles. The van der Waals surface area contributed by atoms with Gasteiger partial charge >= 0.3 is 18.3 Å². The number of nitriles is 1. The van der Waals surface area contributed by atoms with Gasteiger partial charge in [-0.1, -0.05) is 0 Å². The zero-order chi connectivity index (χ0) is 25.4. The zero-order valence-corrected chi connectivity index (χ0v) is 17.7. The van der Waals surface area contributed by atoms with Gasteiger partial charge in [0.1, 0.15) is 23.4 Å². The van der Waals surface area contributed by atoms with E-state index in [1.54, 1.807) is 18.2 Å². The molecule has 12 heteroatoms. The van der Waals surface area contributed by atoms with Crippen molar-refractivity contribution in [1.29, 1.82) is 5.26 Å². The van der Waals surface area contributed by atoms with Crippen LogP contribution in [0, 0.1) is 11.3 Å². The van der Waals surface area contributed by atoms with Crippen LogP contribution in [0.25, 0.3) is 17.1 Å². The summed E-state index contributed by atoms with van der Waals surface area (Å²) < 4.78 is 90.8. The van der Waals surface area contributed by atoms with Crippen LogP contribution in [-0.2, 0) is 33.2 Å². The van der Waals surface area contributed by atoms with Gasteiger partial charge in [-0.3, -0.25) is 0 Å². The number of fused-ring (bicyclic) bond motifs is 1. The number of benzene rings is 1. The Balaban J connectivity index is 1.74. The molecule has 4 rings (SSSR count). The fraction of sp³-hybridized carbons (Fsp3) is 0.261. The van der Waals surface area contributed by atoms with E-state index in [1.807, 2.05) is 0 Å². The fourth-order valence-electron chi connectivity index (χ4n) is 3.48. The monoisotopic (exact) mass is 495 g/mol. The van der Waals surface area contributed by atoms with Crippen molar-refractivity contribution in [3.63, 3.8) is 0 Å².